The molecular formula is C11H16N2O3. The summed E-state index contributed by atoms with van der Waals surface area (Å²) in [5, 5.41) is 3.26. The third-order valence-corrected chi connectivity index (χ3v) is 2.36. The molecule has 1 N–H and O–H groups in total. The van der Waals surface area contributed by atoms with Crippen molar-refractivity contribution in [1.29, 1.82) is 0 Å². The van der Waals surface area contributed by atoms with E-state index in [0.717, 1.165) is 12.2 Å². The van der Waals surface area contributed by atoms with E-state index in [2.05, 4.69) is 10.3 Å². The minimum Gasteiger partial charge on any atom is -0.481 e. The maximum Gasteiger partial charge on any atom is 0.214 e. The second kappa shape index (κ2) is 5.67. The standard InChI is InChI=1S/C11H16N2O3/c1-14-11-6-9(2-3-12-11)13-7-10-8-15-4-5-16-10/h2-3,6,10H,4-5,7-8H2,1H3,(H,12,13). The molecule has 0 spiro atoms. The second-order valence-electron chi connectivity index (χ2n) is 3.54. The summed E-state index contributed by atoms with van der Waals surface area (Å²) in [6.07, 6.45) is 1.83. The summed E-state index contributed by atoms with van der Waals surface area (Å²) in [5.74, 6) is 0.603. The van der Waals surface area contributed by atoms with Gasteiger partial charge in [-0.1, -0.05) is 0 Å². The van der Waals surface area contributed by atoms with Gasteiger partial charge in [-0.3, -0.25) is 0 Å². The van der Waals surface area contributed by atoms with Crippen molar-refractivity contribution < 1.29 is 14.2 Å². The van der Waals surface area contributed by atoms with E-state index in [1.165, 1.54) is 0 Å². The Balaban J connectivity index is 1.83. The highest BCUT2D eigenvalue weighted by Crippen LogP contribution is 2.13. The number of ether oxygens (including phenoxy) is 3. The largest absolute Gasteiger partial charge is 0.481 e. The normalized spacial score (nSPS) is 20.4. The zero-order chi connectivity index (χ0) is 11.2. The van der Waals surface area contributed by atoms with Crippen molar-refractivity contribution in [2.24, 2.45) is 0 Å². The Bertz CT molecular complexity index is 327. The minimum absolute atomic E-state index is 0.118. The third kappa shape index (κ3) is 3.08. The lowest BCUT2D eigenvalue weighted by atomic mass is 10.3. The van der Waals surface area contributed by atoms with E-state index < -0.39 is 0 Å². The molecule has 0 saturated carbocycles. The third-order valence-electron chi connectivity index (χ3n) is 2.36. The number of hydrogen-bond donors (Lipinski definition) is 1. The molecule has 1 atom stereocenters. The summed E-state index contributed by atoms with van der Waals surface area (Å²) in [4.78, 5) is 4.03. The lowest BCUT2D eigenvalue weighted by Crippen LogP contribution is -2.34. The van der Waals surface area contributed by atoms with Crippen LogP contribution in [0.4, 0.5) is 5.69 Å². The van der Waals surface area contributed by atoms with E-state index in [0.29, 0.717) is 25.7 Å². The van der Waals surface area contributed by atoms with Crippen LogP contribution >= 0.6 is 0 Å². The molecule has 5 nitrogen and oxygen atoms in total. The van der Waals surface area contributed by atoms with Gasteiger partial charge >= 0.3 is 0 Å². The van der Waals surface area contributed by atoms with Crippen molar-refractivity contribution in [3.05, 3.63) is 18.3 Å². The molecule has 5 heteroatoms. The van der Waals surface area contributed by atoms with Gasteiger partial charge in [-0.15, -0.1) is 0 Å². The average Bonchev–Trinajstić information content (AvgIpc) is 2.38. The zero-order valence-electron chi connectivity index (χ0n) is 9.31. The Morgan fingerprint density at radius 3 is 3.25 bits per heavy atom. The maximum absolute atomic E-state index is 5.52. The van der Waals surface area contributed by atoms with E-state index in [1.54, 1.807) is 13.3 Å². The van der Waals surface area contributed by atoms with Gasteiger partial charge in [-0.05, 0) is 6.07 Å². The van der Waals surface area contributed by atoms with Crippen molar-refractivity contribution >= 4 is 5.69 Å². The molecule has 2 heterocycles. The van der Waals surface area contributed by atoms with Gasteiger partial charge in [-0.25, -0.2) is 4.98 Å². The van der Waals surface area contributed by atoms with E-state index in [-0.39, 0.29) is 6.10 Å². The molecule has 0 bridgehead atoms. The van der Waals surface area contributed by atoms with Crippen molar-refractivity contribution in [2.45, 2.75) is 6.10 Å². The summed E-state index contributed by atoms with van der Waals surface area (Å²) < 4.78 is 15.9. The van der Waals surface area contributed by atoms with Crippen LogP contribution in [0.1, 0.15) is 0 Å². The molecule has 1 saturated heterocycles. The Labute approximate surface area is 94.7 Å². The monoisotopic (exact) mass is 224 g/mol. The highest BCUT2D eigenvalue weighted by Gasteiger charge is 2.13. The fraction of sp³-hybridized carbons (Fsp3) is 0.545. The average molecular weight is 224 g/mol. The first-order valence-corrected chi connectivity index (χ1v) is 5.32. The minimum atomic E-state index is 0.118. The first-order valence-electron chi connectivity index (χ1n) is 5.32. The number of pyridine rings is 1. The van der Waals surface area contributed by atoms with Crippen LogP contribution in [0.2, 0.25) is 0 Å². The zero-order valence-corrected chi connectivity index (χ0v) is 9.31. The molecule has 0 aliphatic carbocycles. The molecule has 1 unspecified atom stereocenters. The Morgan fingerprint density at radius 1 is 1.56 bits per heavy atom. The molecule has 0 aromatic carbocycles. The predicted molar refractivity (Wildman–Crippen MR) is 59.8 cm³/mol. The van der Waals surface area contributed by atoms with Crippen molar-refractivity contribution in [2.75, 3.05) is 38.8 Å². The maximum atomic E-state index is 5.52. The number of nitrogens with zero attached hydrogens (tertiary/aromatic N) is 1. The van der Waals surface area contributed by atoms with E-state index >= 15 is 0 Å². The Kier molecular flexibility index (Phi) is 3.96. The fourth-order valence-corrected chi connectivity index (χ4v) is 1.52. The number of hydrogen-bond acceptors (Lipinski definition) is 5. The SMILES string of the molecule is COc1cc(NCC2COCCO2)ccn1. The summed E-state index contributed by atoms with van der Waals surface area (Å²) in [6, 6.07) is 3.75. The number of nitrogens with one attached hydrogen (secondary N) is 1. The first-order chi connectivity index (χ1) is 7.88. The van der Waals surface area contributed by atoms with Gasteiger partial charge in [0.25, 0.3) is 0 Å². The molecule has 1 aliphatic heterocycles. The Hall–Kier alpha value is -1.33. The van der Waals surface area contributed by atoms with Gasteiger partial charge in [0.05, 0.1) is 33.0 Å². The van der Waals surface area contributed by atoms with Crippen LogP contribution in [0.25, 0.3) is 0 Å². The summed E-state index contributed by atoms with van der Waals surface area (Å²) in [6.45, 7) is 2.74. The quantitative estimate of drug-likeness (QED) is 0.824. The summed E-state index contributed by atoms with van der Waals surface area (Å²) in [5.41, 5.74) is 0.973. The highest BCUT2D eigenvalue weighted by atomic mass is 16.6. The molecule has 0 radical (unpaired) electrons. The van der Waals surface area contributed by atoms with Gasteiger partial charge in [0.15, 0.2) is 0 Å². The molecule has 1 aromatic heterocycles. The lowest BCUT2D eigenvalue weighted by molar-refractivity contribution is -0.0818. The van der Waals surface area contributed by atoms with Crippen LogP contribution in [0.15, 0.2) is 18.3 Å². The molecule has 0 amide bonds. The van der Waals surface area contributed by atoms with E-state index in [4.69, 9.17) is 14.2 Å². The van der Waals surface area contributed by atoms with Crippen LogP contribution in [0.3, 0.4) is 0 Å². The summed E-state index contributed by atoms with van der Waals surface area (Å²) >= 11 is 0. The van der Waals surface area contributed by atoms with Gasteiger partial charge in [0.2, 0.25) is 5.88 Å². The van der Waals surface area contributed by atoms with Crippen molar-refractivity contribution in [3.63, 3.8) is 0 Å². The fourth-order valence-electron chi connectivity index (χ4n) is 1.52. The predicted octanol–water partition coefficient (Wildman–Crippen LogP) is 0.917. The van der Waals surface area contributed by atoms with E-state index in [9.17, 15) is 0 Å². The summed E-state index contributed by atoms with van der Waals surface area (Å²) in [7, 11) is 1.60. The molecule has 1 fully saturated rings. The first kappa shape index (κ1) is 11.2. The topological polar surface area (TPSA) is 52.6 Å². The van der Waals surface area contributed by atoms with Crippen LogP contribution < -0.4 is 10.1 Å². The number of rotatable bonds is 4. The van der Waals surface area contributed by atoms with Gasteiger partial charge < -0.3 is 19.5 Å². The molecule has 88 valence electrons. The lowest BCUT2D eigenvalue weighted by Gasteiger charge is -2.23. The number of anilines is 1. The van der Waals surface area contributed by atoms with Gasteiger partial charge in [0, 0.05) is 24.5 Å². The molecular weight excluding hydrogens is 208 g/mol. The highest BCUT2D eigenvalue weighted by molar-refractivity contribution is 5.45. The van der Waals surface area contributed by atoms with Crippen LogP contribution in [-0.4, -0.2) is 44.6 Å². The second-order valence-corrected chi connectivity index (χ2v) is 3.54. The smallest absolute Gasteiger partial charge is 0.214 e. The van der Waals surface area contributed by atoms with Crippen LogP contribution in [0, 0.1) is 0 Å². The van der Waals surface area contributed by atoms with E-state index in [1.807, 2.05) is 12.1 Å². The molecule has 1 aliphatic rings. The number of aromatic nitrogens is 1. The van der Waals surface area contributed by atoms with Gasteiger partial charge in [-0.2, -0.15) is 0 Å². The van der Waals surface area contributed by atoms with Crippen LogP contribution in [-0.2, 0) is 9.47 Å². The molecule has 1 aromatic rings. The molecule has 2 rings (SSSR count). The van der Waals surface area contributed by atoms with Crippen molar-refractivity contribution in [3.8, 4) is 5.88 Å². The van der Waals surface area contributed by atoms with Crippen LogP contribution in [0.5, 0.6) is 5.88 Å². The Morgan fingerprint density at radius 2 is 2.50 bits per heavy atom. The molecule has 16 heavy (non-hydrogen) atoms. The number of methoxy groups -OCH3 is 1. The van der Waals surface area contributed by atoms with Gasteiger partial charge in [0.1, 0.15) is 0 Å². The van der Waals surface area contributed by atoms with Crippen molar-refractivity contribution in [1.82, 2.24) is 4.98 Å².